The van der Waals surface area contributed by atoms with Crippen molar-refractivity contribution < 1.29 is 9.59 Å². The summed E-state index contributed by atoms with van der Waals surface area (Å²) in [4.78, 5) is 37.7. The summed E-state index contributed by atoms with van der Waals surface area (Å²) in [5.41, 5.74) is 1.53. The van der Waals surface area contributed by atoms with Crippen molar-refractivity contribution in [2.24, 2.45) is 0 Å². The highest BCUT2D eigenvalue weighted by molar-refractivity contribution is 8.00. The third-order valence-corrected chi connectivity index (χ3v) is 6.18. The Morgan fingerprint density at radius 2 is 1.81 bits per heavy atom. The van der Waals surface area contributed by atoms with Gasteiger partial charge in [-0.25, -0.2) is 0 Å². The van der Waals surface area contributed by atoms with Crippen molar-refractivity contribution in [2.75, 3.05) is 5.32 Å². The first kappa shape index (κ1) is 21.8. The molecule has 2 aromatic heterocycles. The molecule has 2 aromatic carbocycles. The minimum atomic E-state index is -0.521. The SMILES string of the molecule is CCCn1c(=O)c2ccccc2n2c(SC(C)C(=O)Nc3ccccc3C(C)=O)nnc12. The van der Waals surface area contributed by atoms with Gasteiger partial charge >= 0.3 is 0 Å². The number of hydrogen-bond donors (Lipinski definition) is 1. The second-order valence-electron chi connectivity index (χ2n) is 7.44. The largest absolute Gasteiger partial charge is 0.324 e. The van der Waals surface area contributed by atoms with E-state index in [1.165, 1.54) is 18.7 Å². The molecule has 4 rings (SSSR count). The summed E-state index contributed by atoms with van der Waals surface area (Å²) in [5, 5.41) is 12.0. The Labute approximate surface area is 188 Å². The van der Waals surface area contributed by atoms with E-state index in [0.29, 0.717) is 39.6 Å². The Morgan fingerprint density at radius 3 is 2.56 bits per heavy atom. The molecule has 0 aliphatic heterocycles. The third-order valence-electron chi connectivity index (χ3n) is 5.14. The molecule has 0 aliphatic carbocycles. The van der Waals surface area contributed by atoms with E-state index in [-0.39, 0.29) is 17.2 Å². The van der Waals surface area contributed by atoms with Crippen molar-refractivity contribution in [2.45, 2.75) is 44.1 Å². The molecule has 1 atom stereocenters. The monoisotopic (exact) mass is 449 g/mol. The lowest BCUT2D eigenvalue weighted by molar-refractivity contribution is -0.115. The number of aromatic nitrogens is 4. The van der Waals surface area contributed by atoms with Gasteiger partial charge in [-0.05, 0) is 44.5 Å². The Balaban J connectivity index is 1.70. The van der Waals surface area contributed by atoms with Crippen molar-refractivity contribution in [1.82, 2.24) is 19.2 Å². The molecule has 32 heavy (non-hydrogen) atoms. The van der Waals surface area contributed by atoms with Gasteiger partial charge in [0.25, 0.3) is 5.56 Å². The number of fused-ring (bicyclic) bond motifs is 3. The predicted octanol–water partition coefficient (Wildman–Crippen LogP) is 3.78. The molecule has 164 valence electrons. The van der Waals surface area contributed by atoms with Crippen LogP contribution in [-0.4, -0.2) is 36.1 Å². The molecule has 1 unspecified atom stereocenters. The zero-order valence-corrected chi connectivity index (χ0v) is 18.8. The molecule has 0 saturated heterocycles. The van der Waals surface area contributed by atoms with Gasteiger partial charge in [-0.15, -0.1) is 10.2 Å². The maximum Gasteiger partial charge on any atom is 0.262 e. The van der Waals surface area contributed by atoms with E-state index < -0.39 is 5.25 Å². The highest BCUT2D eigenvalue weighted by Crippen LogP contribution is 2.26. The van der Waals surface area contributed by atoms with Crippen molar-refractivity contribution in [3.63, 3.8) is 0 Å². The van der Waals surface area contributed by atoms with Crippen LogP contribution in [0.1, 0.15) is 37.6 Å². The first-order chi connectivity index (χ1) is 15.4. The molecular formula is C23H23N5O3S. The van der Waals surface area contributed by atoms with E-state index in [1.807, 2.05) is 29.5 Å². The van der Waals surface area contributed by atoms with Gasteiger partial charge in [-0.2, -0.15) is 0 Å². The fourth-order valence-corrected chi connectivity index (χ4v) is 4.44. The minimum absolute atomic E-state index is 0.106. The highest BCUT2D eigenvalue weighted by atomic mass is 32.2. The topological polar surface area (TPSA) is 98.4 Å². The summed E-state index contributed by atoms with van der Waals surface area (Å²) in [7, 11) is 0. The second-order valence-corrected chi connectivity index (χ2v) is 8.75. The minimum Gasteiger partial charge on any atom is -0.324 e. The van der Waals surface area contributed by atoms with Crippen LogP contribution in [0, 0.1) is 0 Å². The van der Waals surface area contributed by atoms with E-state index in [9.17, 15) is 14.4 Å². The van der Waals surface area contributed by atoms with Crippen LogP contribution in [0.3, 0.4) is 0 Å². The molecule has 0 fully saturated rings. The number of hydrogen-bond acceptors (Lipinski definition) is 6. The maximum atomic E-state index is 12.9. The van der Waals surface area contributed by atoms with Crippen molar-refractivity contribution in [3.05, 3.63) is 64.4 Å². The van der Waals surface area contributed by atoms with Crippen molar-refractivity contribution in [3.8, 4) is 0 Å². The Morgan fingerprint density at radius 1 is 1.09 bits per heavy atom. The smallest absolute Gasteiger partial charge is 0.262 e. The van der Waals surface area contributed by atoms with Crippen LogP contribution in [0.15, 0.2) is 58.5 Å². The van der Waals surface area contributed by atoms with Gasteiger partial charge in [0.15, 0.2) is 10.9 Å². The number of carbonyl (C=O) groups is 2. The van der Waals surface area contributed by atoms with Crippen LogP contribution in [0.5, 0.6) is 0 Å². The second kappa shape index (κ2) is 8.96. The molecule has 0 spiro atoms. The number of thioether (sulfide) groups is 1. The molecule has 9 heteroatoms. The molecule has 2 heterocycles. The molecule has 0 saturated carbocycles. The van der Waals surface area contributed by atoms with E-state index in [0.717, 1.165) is 6.42 Å². The normalized spacial score (nSPS) is 12.2. The van der Waals surface area contributed by atoms with Crippen molar-refractivity contribution >= 4 is 45.8 Å². The van der Waals surface area contributed by atoms with E-state index in [4.69, 9.17) is 0 Å². The average molecular weight is 450 g/mol. The molecule has 1 amide bonds. The first-order valence-corrected chi connectivity index (χ1v) is 11.2. The van der Waals surface area contributed by atoms with Crippen LogP contribution >= 0.6 is 11.8 Å². The molecule has 0 bridgehead atoms. The van der Waals surface area contributed by atoms with Gasteiger partial charge < -0.3 is 5.32 Å². The summed E-state index contributed by atoms with van der Waals surface area (Å²) in [6.07, 6.45) is 0.775. The number of aryl methyl sites for hydroxylation is 1. The molecular weight excluding hydrogens is 426 g/mol. The number of ketones is 1. The van der Waals surface area contributed by atoms with Gasteiger partial charge in [0.1, 0.15) is 0 Å². The number of nitrogens with zero attached hydrogens (tertiary/aromatic N) is 4. The number of carbonyl (C=O) groups excluding carboxylic acids is 2. The van der Waals surface area contributed by atoms with Gasteiger partial charge in [0.2, 0.25) is 11.7 Å². The molecule has 1 N–H and O–H groups in total. The molecule has 0 aliphatic rings. The van der Waals surface area contributed by atoms with Gasteiger partial charge in [0.05, 0.1) is 21.8 Å². The van der Waals surface area contributed by atoms with Crippen molar-refractivity contribution in [1.29, 1.82) is 0 Å². The average Bonchev–Trinajstić information content (AvgIpc) is 3.20. The summed E-state index contributed by atoms with van der Waals surface area (Å²) >= 11 is 1.25. The predicted molar refractivity (Wildman–Crippen MR) is 125 cm³/mol. The van der Waals surface area contributed by atoms with E-state index >= 15 is 0 Å². The number of anilines is 1. The quantitative estimate of drug-likeness (QED) is 0.341. The van der Waals surface area contributed by atoms with Gasteiger partial charge in [-0.1, -0.05) is 43.0 Å². The first-order valence-electron chi connectivity index (χ1n) is 10.4. The van der Waals surface area contributed by atoms with Crippen LogP contribution in [-0.2, 0) is 11.3 Å². The number of benzene rings is 2. The number of nitrogens with one attached hydrogen (secondary N) is 1. The van der Waals surface area contributed by atoms with Crippen LogP contribution in [0.2, 0.25) is 0 Å². The number of para-hydroxylation sites is 2. The third kappa shape index (κ3) is 3.91. The Bertz CT molecular complexity index is 1390. The van der Waals surface area contributed by atoms with Crippen LogP contribution < -0.4 is 10.9 Å². The number of rotatable bonds is 7. The molecule has 8 nitrogen and oxygen atoms in total. The fourth-order valence-electron chi connectivity index (χ4n) is 3.58. The van der Waals surface area contributed by atoms with E-state index in [2.05, 4.69) is 15.5 Å². The Kier molecular flexibility index (Phi) is 6.09. The zero-order valence-electron chi connectivity index (χ0n) is 18.0. The van der Waals surface area contributed by atoms with Crippen LogP contribution in [0.25, 0.3) is 16.7 Å². The number of amides is 1. The number of Topliss-reactive ketones (excluding diaryl/α,β-unsaturated/α-hetero) is 1. The van der Waals surface area contributed by atoms with Gasteiger partial charge in [-0.3, -0.25) is 23.4 Å². The standard InChI is InChI=1S/C23H23N5O3S/c1-4-13-27-21(31)17-10-6-8-12-19(17)28-22(27)25-26-23(28)32-15(3)20(30)24-18-11-7-5-9-16(18)14(2)29/h5-12,15H,4,13H2,1-3H3,(H,24,30). The lowest BCUT2D eigenvalue weighted by atomic mass is 10.1. The highest BCUT2D eigenvalue weighted by Gasteiger charge is 2.22. The lowest BCUT2D eigenvalue weighted by Crippen LogP contribution is -2.24. The summed E-state index contributed by atoms with van der Waals surface area (Å²) in [6.45, 7) is 5.75. The van der Waals surface area contributed by atoms with Crippen LogP contribution in [0.4, 0.5) is 5.69 Å². The summed E-state index contributed by atoms with van der Waals surface area (Å²) in [5.74, 6) is 0.0734. The fraction of sp³-hybridized carbons (Fsp3) is 0.261. The van der Waals surface area contributed by atoms with Gasteiger partial charge in [0, 0.05) is 12.1 Å². The zero-order chi connectivity index (χ0) is 22.8. The summed E-state index contributed by atoms with van der Waals surface area (Å²) < 4.78 is 3.44. The van der Waals surface area contributed by atoms with E-state index in [1.54, 1.807) is 41.8 Å². The molecule has 4 aromatic rings. The Hall–Kier alpha value is -3.46. The lowest BCUT2D eigenvalue weighted by Gasteiger charge is -2.14. The molecule has 0 radical (unpaired) electrons. The summed E-state index contributed by atoms with van der Waals surface area (Å²) in [6, 6.07) is 14.2. The maximum absolute atomic E-state index is 12.9.